The van der Waals surface area contributed by atoms with Crippen LogP contribution in [0.4, 0.5) is 5.95 Å². The van der Waals surface area contributed by atoms with Gasteiger partial charge in [-0.2, -0.15) is 0 Å². The van der Waals surface area contributed by atoms with Crippen molar-refractivity contribution in [1.82, 2.24) is 9.55 Å². The maximum absolute atomic E-state index is 12.5. The summed E-state index contributed by atoms with van der Waals surface area (Å²) in [4.78, 5) is 17.1. The fourth-order valence-corrected chi connectivity index (χ4v) is 3.72. The van der Waals surface area contributed by atoms with Gasteiger partial charge in [0.25, 0.3) is 0 Å². The highest BCUT2D eigenvalue weighted by Crippen LogP contribution is 2.32. The number of fused-ring (bicyclic) bond motifs is 1. The number of nitrogens with zero attached hydrogens (tertiary/aromatic N) is 2. The van der Waals surface area contributed by atoms with E-state index >= 15 is 0 Å². The average molecular weight is 439 g/mol. The van der Waals surface area contributed by atoms with E-state index in [0.717, 1.165) is 22.5 Å². The van der Waals surface area contributed by atoms with Crippen molar-refractivity contribution < 1.29 is 7.86 Å². The predicted molar refractivity (Wildman–Crippen MR) is 107 cm³/mol. The molecular weight excluding hydrogens is 417 g/mol. The summed E-state index contributed by atoms with van der Waals surface area (Å²) in [6.45, 7) is 10.1. The van der Waals surface area contributed by atoms with Crippen molar-refractivity contribution in [2.75, 3.05) is 5.32 Å². The number of hydrogen-bond acceptors (Lipinski definition) is 3. The predicted octanol–water partition coefficient (Wildman–Crippen LogP) is 4.48. The van der Waals surface area contributed by atoms with Crippen LogP contribution in [0.15, 0.2) is 24.3 Å². The SMILES string of the molecule is CC1=IOC(n2c(NC(=O)[C@@H](C)C(C)C)nc3ccc(C)cc32)=C1. The number of aryl methyl sites for hydroxylation is 1. The molecule has 0 unspecified atom stereocenters. The van der Waals surface area contributed by atoms with E-state index in [1.807, 2.05) is 50.5 Å². The molecule has 1 aliphatic heterocycles. The Hall–Kier alpha value is -1.70. The lowest BCUT2D eigenvalue weighted by Crippen LogP contribution is -2.26. The number of nitrogens with one attached hydrogen (secondary N) is 1. The van der Waals surface area contributed by atoms with Crippen LogP contribution in [0.5, 0.6) is 0 Å². The van der Waals surface area contributed by atoms with Gasteiger partial charge in [0.1, 0.15) is 21.1 Å². The van der Waals surface area contributed by atoms with Crippen molar-refractivity contribution in [2.24, 2.45) is 11.8 Å². The number of allylic oxidation sites excluding steroid dienone is 1. The number of hydrogen-bond donors (Lipinski definition) is 1. The summed E-state index contributed by atoms with van der Waals surface area (Å²) in [5.74, 6) is 1.44. The number of imidazole rings is 1. The second-order valence-corrected chi connectivity index (χ2v) is 9.09. The maximum Gasteiger partial charge on any atom is 0.229 e. The zero-order chi connectivity index (χ0) is 17.4. The van der Waals surface area contributed by atoms with Crippen molar-refractivity contribution in [3.63, 3.8) is 0 Å². The third kappa shape index (κ3) is 3.24. The van der Waals surface area contributed by atoms with Gasteiger partial charge < -0.3 is 3.07 Å². The summed E-state index contributed by atoms with van der Waals surface area (Å²) in [7, 11) is 0. The van der Waals surface area contributed by atoms with Crippen molar-refractivity contribution in [1.29, 1.82) is 0 Å². The van der Waals surface area contributed by atoms with Gasteiger partial charge in [0.15, 0.2) is 0 Å². The Morgan fingerprint density at radius 1 is 1.29 bits per heavy atom. The van der Waals surface area contributed by atoms with Gasteiger partial charge in [0, 0.05) is 15.5 Å². The van der Waals surface area contributed by atoms with Crippen molar-refractivity contribution >= 4 is 53.4 Å². The van der Waals surface area contributed by atoms with Gasteiger partial charge >= 0.3 is 0 Å². The molecule has 2 aromatic rings. The lowest BCUT2D eigenvalue weighted by atomic mass is 9.97. The lowest BCUT2D eigenvalue weighted by Gasteiger charge is -2.16. The molecule has 1 aromatic carbocycles. The normalized spacial score (nSPS) is 15.6. The van der Waals surface area contributed by atoms with Gasteiger partial charge in [0.2, 0.25) is 17.7 Å². The van der Waals surface area contributed by atoms with Gasteiger partial charge in [0.05, 0.1) is 11.0 Å². The number of rotatable bonds is 4. The third-order valence-corrected chi connectivity index (χ3v) is 5.92. The molecule has 0 fully saturated rings. The summed E-state index contributed by atoms with van der Waals surface area (Å²) in [6, 6.07) is 6.07. The molecule has 0 saturated carbocycles. The minimum absolute atomic E-state index is 0.0210. The molecule has 128 valence electrons. The third-order valence-electron chi connectivity index (χ3n) is 4.24. The monoisotopic (exact) mass is 439 g/mol. The molecule has 3 rings (SSSR count). The number of amides is 1. The molecule has 24 heavy (non-hydrogen) atoms. The van der Waals surface area contributed by atoms with E-state index in [-0.39, 0.29) is 17.7 Å². The number of carbonyl (C=O) groups excluding carboxylic acids is 1. The van der Waals surface area contributed by atoms with Crippen LogP contribution in [0.25, 0.3) is 16.9 Å². The molecule has 1 N–H and O–H groups in total. The van der Waals surface area contributed by atoms with E-state index in [1.54, 1.807) is 0 Å². The molecule has 0 radical (unpaired) electrons. The Labute approximate surface area is 152 Å². The van der Waals surface area contributed by atoms with Gasteiger partial charge in [-0.25, -0.2) is 9.55 Å². The van der Waals surface area contributed by atoms with Crippen LogP contribution < -0.4 is 5.32 Å². The highest BCUT2D eigenvalue weighted by atomic mass is 127. The standard InChI is InChI=1S/C18H22IN3O2/c1-10(2)13(5)17(23)21-18-20-14-7-6-11(3)8-15(14)22(18)16-9-12(4)19-24-16/h6-10,13H,1-5H3,(H,20,21,23)/t13-/m0/s1. The topological polar surface area (TPSA) is 56.1 Å². The summed E-state index contributed by atoms with van der Waals surface area (Å²) in [5, 5.41) is 2.99. The summed E-state index contributed by atoms with van der Waals surface area (Å²) >= 11 is -0.426. The molecule has 0 spiro atoms. The van der Waals surface area contributed by atoms with Crippen molar-refractivity contribution in [2.45, 2.75) is 34.6 Å². The molecule has 0 bridgehead atoms. The van der Waals surface area contributed by atoms with Gasteiger partial charge in [-0.3, -0.25) is 10.1 Å². The van der Waals surface area contributed by atoms with Crippen LogP contribution in [0.2, 0.25) is 0 Å². The average Bonchev–Trinajstić information content (AvgIpc) is 3.09. The van der Waals surface area contributed by atoms with Crippen LogP contribution >= 0.6 is 21.1 Å². The molecule has 2 heterocycles. The molecule has 1 atom stereocenters. The largest absolute Gasteiger partial charge is 0.418 e. The summed E-state index contributed by atoms with van der Waals surface area (Å²) in [5.41, 5.74) is 2.94. The quantitative estimate of drug-likeness (QED) is 0.715. The van der Waals surface area contributed by atoms with Crippen molar-refractivity contribution in [3.8, 4) is 0 Å². The highest BCUT2D eigenvalue weighted by molar-refractivity contribution is 14.2. The van der Waals surface area contributed by atoms with E-state index < -0.39 is 21.1 Å². The Morgan fingerprint density at radius 2 is 2.04 bits per heavy atom. The molecule has 1 aromatic heterocycles. The molecule has 1 amide bonds. The second kappa shape index (κ2) is 6.66. The summed E-state index contributed by atoms with van der Waals surface area (Å²) < 4.78 is 9.07. The van der Waals surface area contributed by atoms with Gasteiger partial charge in [-0.1, -0.05) is 26.8 Å². The zero-order valence-electron chi connectivity index (χ0n) is 14.6. The smallest absolute Gasteiger partial charge is 0.229 e. The van der Waals surface area contributed by atoms with Gasteiger partial charge in [-0.15, -0.1) is 0 Å². The highest BCUT2D eigenvalue weighted by Gasteiger charge is 2.23. The Kier molecular flexibility index (Phi) is 4.76. The minimum atomic E-state index is -0.426. The molecule has 6 heteroatoms. The summed E-state index contributed by atoms with van der Waals surface area (Å²) in [6.07, 6.45) is 2.04. The van der Waals surface area contributed by atoms with Crippen molar-refractivity contribution in [3.05, 3.63) is 29.8 Å². The fourth-order valence-electron chi connectivity index (χ4n) is 2.43. The fraction of sp³-hybridized carbons (Fsp3) is 0.389. The number of aromatic nitrogens is 2. The first-order valence-electron chi connectivity index (χ1n) is 8.04. The zero-order valence-corrected chi connectivity index (χ0v) is 16.7. The second-order valence-electron chi connectivity index (χ2n) is 6.51. The first kappa shape index (κ1) is 17.1. The molecule has 1 aliphatic rings. The number of carbonyl (C=O) groups is 1. The van der Waals surface area contributed by atoms with Crippen LogP contribution in [-0.2, 0) is 7.86 Å². The Balaban J connectivity index is 2.07. The molecular formula is C18H22IN3O2. The molecule has 5 nitrogen and oxygen atoms in total. The van der Waals surface area contributed by atoms with Crippen LogP contribution in [-0.4, -0.2) is 19.0 Å². The van der Waals surface area contributed by atoms with E-state index in [2.05, 4.69) is 23.3 Å². The van der Waals surface area contributed by atoms with Crippen LogP contribution in [0.3, 0.4) is 0 Å². The number of halogens is 1. The number of anilines is 1. The van der Waals surface area contributed by atoms with E-state index in [0.29, 0.717) is 5.95 Å². The minimum Gasteiger partial charge on any atom is -0.418 e. The molecule has 0 aliphatic carbocycles. The Bertz CT molecular complexity index is 865. The lowest BCUT2D eigenvalue weighted by molar-refractivity contribution is -0.120. The van der Waals surface area contributed by atoms with E-state index in [4.69, 9.17) is 3.07 Å². The Morgan fingerprint density at radius 3 is 2.67 bits per heavy atom. The molecule has 0 saturated heterocycles. The first-order valence-corrected chi connectivity index (χ1v) is 10.00. The van der Waals surface area contributed by atoms with Crippen LogP contribution in [0, 0.1) is 18.8 Å². The van der Waals surface area contributed by atoms with Gasteiger partial charge in [-0.05, 0) is 37.5 Å². The van der Waals surface area contributed by atoms with E-state index in [9.17, 15) is 4.79 Å². The first-order chi connectivity index (χ1) is 11.4. The maximum atomic E-state index is 12.5. The van der Waals surface area contributed by atoms with Crippen LogP contribution in [0.1, 0.15) is 33.3 Å². The van der Waals surface area contributed by atoms with E-state index in [1.165, 1.54) is 3.51 Å². The number of benzene rings is 1.